The molecule has 3 rings (SSSR count). The Hall–Kier alpha value is -2.38. The highest BCUT2D eigenvalue weighted by Gasteiger charge is 2.28. The van der Waals surface area contributed by atoms with Crippen molar-refractivity contribution in [2.45, 2.75) is 0 Å². The molecule has 1 heterocycles. The number of carbonyl (C=O) groups excluding carboxylic acids is 2. The molecule has 1 aromatic heterocycles. The summed E-state index contributed by atoms with van der Waals surface area (Å²) in [5, 5.41) is 0. The fourth-order valence-corrected chi connectivity index (χ4v) is 2.98. The summed E-state index contributed by atoms with van der Waals surface area (Å²) < 4.78 is 1.48. The van der Waals surface area contributed by atoms with Crippen LogP contribution >= 0.6 is 31.9 Å². The Labute approximate surface area is 161 Å². The third-order valence-electron chi connectivity index (χ3n) is 3.30. The number of amides is 2. The summed E-state index contributed by atoms with van der Waals surface area (Å²) in [5.41, 5.74) is 0.704. The molecule has 3 aromatic rings. The number of hydrogen-bond acceptors (Lipinski definition) is 4. The fraction of sp³-hybridized carbons (Fsp3) is 0. The van der Waals surface area contributed by atoms with Crippen molar-refractivity contribution < 1.29 is 9.59 Å². The number of benzene rings is 2. The van der Waals surface area contributed by atoms with Crippen LogP contribution in [0.3, 0.4) is 0 Å². The van der Waals surface area contributed by atoms with Gasteiger partial charge in [-0.05, 0) is 42.5 Å². The van der Waals surface area contributed by atoms with Gasteiger partial charge >= 0.3 is 0 Å². The van der Waals surface area contributed by atoms with Crippen LogP contribution in [0.4, 0.5) is 5.95 Å². The summed E-state index contributed by atoms with van der Waals surface area (Å²) in [6, 6.07) is 15.2. The molecule has 0 atom stereocenters. The highest BCUT2D eigenvalue weighted by atomic mass is 79.9. The zero-order valence-electron chi connectivity index (χ0n) is 12.8. The second kappa shape index (κ2) is 7.67. The first-order chi connectivity index (χ1) is 12.1. The second-order valence-corrected chi connectivity index (χ2v) is 6.85. The second-order valence-electron chi connectivity index (χ2n) is 5.02. The molecule has 0 spiro atoms. The van der Waals surface area contributed by atoms with E-state index in [0.29, 0.717) is 11.1 Å². The molecule has 0 aliphatic heterocycles. The lowest BCUT2D eigenvalue weighted by molar-refractivity contribution is 0.0895. The van der Waals surface area contributed by atoms with Crippen LogP contribution in [0.1, 0.15) is 20.7 Å². The highest BCUT2D eigenvalue weighted by Crippen LogP contribution is 2.20. The number of hydrogen-bond donors (Lipinski definition) is 0. The van der Waals surface area contributed by atoms with Crippen molar-refractivity contribution in [1.29, 1.82) is 0 Å². The van der Waals surface area contributed by atoms with E-state index in [2.05, 4.69) is 41.8 Å². The molecule has 0 aliphatic carbocycles. The average Bonchev–Trinajstić information content (AvgIpc) is 2.62. The minimum absolute atomic E-state index is 0.0254. The summed E-state index contributed by atoms with van der Waals surface area (Å²) in [6.07, 6.45) is 2.97. The maximum atomic E-state index is 13.0. The highest BCUT2D eigenvalue weighted by molar-refractivity contribution is 9.10. The molecule has 0 saturated carbocycles. The van der Waals surface area contributed by atoms with Gasteiger partial charge in [-0.1, -0.05) is 44.0 Å². The van der Waals surface area contributed by atoms with E-state index >= 15 is 0 Å². The van der Waals surface area contributed by atoms with E-state index < -0.39 is 11.8 Å². The molecule has 0 N–H and O–H groups in total. The summed E-state index contributed by atoms with van der Waals surface area (Å²) in [6.45, 7) is 0. The summed E-state index contributed by atoms with van der Waals surface area (Å²) >= 11 is 6.67. The Morgan fingerprint density at radius 1 is 0.760 bits per heavy atom. The molecule has 0 fully saturated rings. The van der Waals surface area contributed by atoms with Gasteiger partial charge < -0.3 is 0 Å². The number of aromatic nitrogens is 2. The van der Waals surface area contributed by atoms with Gasteiger partial charge in [-0.3, -0.25) is 9.59 Å². The van der Waals surface area contributed by atoms with Crippen LogP contribution in [0.2, 0.25) is 0 Å². The maximum Gasteiger partial charge on any atom is 0.267 e. The third kappa shape index (κ3) is 4.00. The van der Waals surface area contributed by atoms with Crippen LogP contribution in [-0.2, 0) is 0 Å². The summed E-state index contributed by atoms with van der Waals surface area (Å²) in [5.74, 6) is -0.979. The van der Waals surface area contributed by atoms with Gasteiger partial charge in [0.15, 0.2) is 0 Å². The quantitative estimate of drug-likeness (QED) is 0.540. The Kier molecular flexibility index (Phi) is 5.35. The predicted octanol–water partition coefficient (Wildman–Crippen LogP) is 4.49. The van der Waals surface area contributed by atoms with Crippen LogP contribution in [-0.4, -0.2) is 21.8 Å². The van der Waals surface area contributed by atoms with Crippen molar-refractivity contribution >= 4 is 49.6 Å². The summed E-state index contributed by atoms with van der Waals surface area (Å²) in [7, 11) is 0. The van der Waals surface area contributed by atoms with Crippen molar-refractivity contribution in [3.63, 3.8) is 0 Å². The molecule has 25 heavy (non-hydrogen) atoms. The summed E-state index contributed by atoms with van der Waals surface area (Å²) in [4.78, 5) is 35.1. The van der Waals surface area contributed by atoms with Gasteiger partial charge in [0.2, 0.25) is 5.95 Å². The van der Waals surface area contributed by atoms with Gasteiger partial charge in [-0.2, -0.15) is 0 Å². The molecule has 5 nitrogen and oxygen atoms in total. The van der Waals surface area contributed by atoms with E-state index in [1.165, 1.54) is 12.4 Å². The molecule has 124 valence electrons. The molecular weight excluding hydrogens is 450 g/mol. The van der Waals surface area contributed by atoms with Gasteiger partial charge in [0, 0.05) is 32.5 Å². The van der Waals surface area contributed by atoms with E-state index in [1.807, 2.05) is 0 Å². The monoisotopic (exact) mass is 459 g/mol. The lowest BCUT2D eigenvalue weighted by Crippen LogP contribution is -2.38. The molecule has 7 heteroatoms. The Bertz CT molecular complexity index is 875. The third-order valence-corrected chi connectivity index (χ3v) is 4.29. The van der Waals surface area contributed by atoms with Crippen molar-refractivity contribution in [3.8, 4) is 0 Å². The van der Waals surface area contributed by atoms with Gasteiger partial charge in [-0.15, -0.1) is 0 Å². The van der Waals surface area contributed by atoms with Crippen molar-refractivity contribution in [3.05, 3.63) is 87.1 Å². The SMILES string of the molecule is O=C(c1cccc(Br)c1)N(C(=O)c1cccc(Br)c1)c1ncccn1. The zero-order chi connectivity index (χ0) is 17.8. The van der Waals surface area contributed by atoms with E-state index in [0.717, 1.165) is 13.8 Å². The average molecular weight is 461 g/mol. The molecular formula is C18H11Br2N3O2. The molecule has 0 unspecified atom stereocenters. The van der Waals surface area contributed by atoms with Crippen LogP contribution in [0.25, 0.3) is 0 Å². The lowest BCUT2D eigenvalue weighted by atomic mass is 10.1. The first-order valence-electron chi connectivity index (χ1n) is 7.23. The van der Waals surface area contributed by atoms with Crippen LogP contribution in [0.5, 0.6) is 0 Å². The number of rotatable bonds is 3. The van der Waals surface area contributed by atoms with E-state index in [1.54, 1.807) is 54.6 Å². The zero-order valence-corrected chi connectivity index (χ0v) is 15.9. The largest absolute Gasteiger partial charge is 0.268 e. The molecule has 0 saturated heterocycles. The minimum atomic E-state index is -0.502. The fourth-order valence-electron chi connectivity index (χ4n) is 2.18. The number of carbonyl (C=O) groups is 2. The van der Waals surface area contributed by atoms with Crippen LogP contribution in [0.15, 0.2) is 75.9 Å². The molecule has 0 aliphatic rings. The number of anilines is 1. The van der Waals surface area contributed by atoms with Gasteiger partial charge in [0.05, 0.1) is 0 Å². The minimum Gasteiger partial charge on any atom is -0.268 e. The van der Waals surface area contributed by atoms with Crippen molar-refractivity contribution in [1.82, 2.24) is 9.97 Å². The van der Waals surface area contributed by atoms with Crippen LogP contribution < -0.4 is 4.90 Å². The van der Waals surface area contributed by atoms with Gasteiger partial charge in [0.25, 0.3) is 11.8 Å². The van der Waals surface area contributed by atoms with Crippen molar-refractivity contribution in [2.24, 2.45) is 0 Å². The first kappa shape index (κ1) is 17.4. The first-order valence-corrected chi connectivity index (χ1v) is 8.82. The van der Waals surface area contributed by atoms with Crippen molar-refractivity contribution in [2.75, 3.05) is 4.90 Å². The van der Waals surface area contributed by atoms with Crippen LogP contribution in [0, 0.1) is 0 Å². The molecule has 2 aromatic carbocycles. The molecule has 0 bridgehead atoms. The number of halogens is 2. The predicted molar refractivity (Wildman–Crippen MR) is 101 cm³/mol. The van der Waals surface area contributed by atoms with Gasteiger partial charge in [0.1, 0.15) is 0 Å². The number of nitrogens with zero attached hydrogens (tertiary/aromatic N) is 3. The van der Waals surface area contributed by atoms with Gasteiger partial charge in [-0.25, -0.2) is 14.9 Å². The Morgan fingerprint density at radius 3 is 1.68 bits per heavy atom. The van der Waals surface area contributed by atoms with E-state index in [9.17, 15) is 9.59 Å². The lowest BCUT2D eigenvalue weighted by Gasteiger charge is -2.19. The standard InChI is InChI=1S/C18H11Br2N3O2/c19-14-6-1-4-12(10-14)16(24)23(18-21-8-3-9-22-18)17(25)13-5-2-7-15(20)11-13/h1-11H. The maximum absolute atomic E-state index is 13.0. The van der Waals surface area contributed by atoms with E-state index in [-0.39, 0.29) is 5.95 Å². The topological polar surface area (TPSA) is 63.2 Å². The molecule has 0 radical (unpaired) electrons. The van der Waals surface area contributed by atoms with E-state index in [4.69, 9.17) is 0 Å². The normalized spacial score (nSPS) is 10.3. The number of imide groups is 1. The smallest absolute Gasteiger partial charge is 0.267 e. The Morgan fingerprint density at radius 2 is 1.24 bits per heavy atom. The molecule has 2 amide bonds. The Balaban J connectivity index is 2.07.